The van der Waals surface area contributed by atoms with E-state index in [-0.39, 0.29) is 0 Å². The van der Waals surface area contributed by atoms with Crippen LogP contribution >= 0.6 is 34.0 Å². The van der Waals surface area contributed by atoms with Gasteiger partial charge in [0.25, 0.3) is 0 Å². The molecule has 288 valence electrons. The van der Waals surface area contributed by atoms with E-state index in [0.717, 1.165) is 0 Å². The van der Waals surface area contributed by atoms with Crippen molar-refractivity contribution in [3.05, 3.63) is 180 Å². The maximum atomic E-state index is 2.46. The highest BCUT2D eigenvalue weighted by Gasteiger charge is 2.26. The van der Waals surface area contributed by atoms with E-state index in [1.54, 1.807) is 0 Å². The molecule has 0 aliphatic heterocycles. The zero-order chi connectivity index (χ0) is 40.7. The second kappa shape index (κ2) is 11.9. The fourth-order valence-electron chi connectivity index (χ4n) is 11.9. The topological polar surface area (TPSA) is 0 Å². The first-order valence-corrected chi connectivity index (χ1v) is 24.3. The Balaban J connectivity index is 1.26. The lowest BCUT2D eigenvalue weighted by atomic mass is 9.81. The number of fused-ring (bicyclic) bond motifs is 30. The van der Waals surface area contributed by atoms with E-state index in [9.17, 15) is 0 Å². The monoisotopic (exact) mass is 846 g/mol. The molecule has 3 heterocycles. The molecule has 16 aromatic rings. The number of thiophene rings is 3. The van der Waals surface area contributed by atoms with Crippen LogP contribution in [0.15, 0.2) is 180 Å². The lowest BCUT2D eigenvalue weighted by Gasteiger charge is -2.21. The van der Waals surface area contributed by atoms with Gasteiger partial charge in [-0.05, 0) is 168 Å². The van der Waals surface area contributed by atoms with Crippen molar-refractivity contribution in [1.82, 2.24) is 0 Å². The molecule has 0 saturated carbocycles. The first-order chi connectivity index (χ1) is 31.2. The van der Waals surface area contributed by atoms with Crippen LogP contribution in [0.4, 0.5) is 0 Å². The Morgan fingerprint density at radius 3 is 0.762 bits per heavy atom. The van der Waals surface area contributed by atoms with Gasteiger partial charge < -0.3 is 0 Å². The molecule has 0 N–H and O–H groups in total. The summed E-state index contributed by atoms with van der Waals surface area (Å²) in [5.41, 5.74) is 0. The van der Waals surface area contributed by atoms with Gasteiger partial charge >= 0.3 is 0 Å². The predicted octanol–water partition coefficient (Wildman–Crippen LogP) is 19.2. The lowest BCUT2D eigenvalue weighted by molar-refractivity contribution is 1.80. The number of rotatable bonds is 0. The van der Waals surface area contributed by atoms with Crippen LogP contribution in [-0.4, -0.2) is 0 Å². The summed E-state index contributed by atoms with van der Waals surface area (Å²) in [5, 5.41) is 42.9. The van der Waals surface area contributed by atoms with Gasteiger partial charge in [-0.25, -0.2) is 0 Å². The molecule has 0 bridgehead atoms. The van der Waals surface area contributed by atoms with Gasteiger partial charge in [0.2, 0.25) is 0 Å². The summed E-state index contributed by atoms with van der Waals surface area (Å²) in [5.74, 6) is 0. The van der Waals surface area contributed by atoms with E-state index in [1.807, 2.05) is 34.0 Å². The van der Waals surface area contributed by atoms with Crippen LogP contribution < -0.4 is 0 Å². The molecule has 3 aromatic heterocycles. The fraction of sp³-hybridized carbons (Fsp3) is 0. The Kier molecular flexibility index (Phi) is 6.30. The molecule has 0 radical (unpaired) electrons. The van der Waals surface area contributed by atoms with Crippen molar-refractivity contribution in [1.29, 1.82) is 0 Å². The van der Waals surface area contributed by atoms with Crippen molar-refractivity contribution < 1.29 is 0 Å². The van der Waals surface area contributed by atoms with E-state index in [2.05, 4.69) is 180 Å². The molecule has 0 nitrogen and oxygen atoms in total. The Labute approximate surface area is 371 Å². The summed E-state index contributed by atoms with van der Waals surface area (Å²) >= 11 is 5.68. The highest BCUT2D eigenvalue weighted by atomic mass is 32.1. The third kappa shape index (κ3) is 4.21. The predicted molar refractivity (Wildman–Crippen MR) is 283 cm³/mol. The first kappa shape index (κ1) is 33.5. The molecule has 0 saturated heterocycles. The summed E-state index contributed by atoms with van der Waals surface area (Å²) in [4.78, 5) is 0. The second-order valence-electron chi connectivity index (χ2n) is 17.5. The van der Waals surface area contributed by atoms with Crippen LogP contribution in [0.2, 0.25) is 0 Å². The van der Waals surface area contributed by atoms with Crippen molar-refractivity contribution >= 4 is 194 Å². The highest BCUT2D eigenvalue weighted by Crippen LogP contribution is 2.56. The Morgan fingerprint density at radius 2 is 0.460 bits per heavy atom. The average Bonchev–Trinajstić information content (AvgIpc) is 4.14. The second-order valence-corrected chi connectivity index (χ2v) is 20.2. The van der Waals surface area contributed by atoms with Crippen LogP contribution in [0.25, 0.3) is 160 Å². The van der Waals surface area contributed by atoms with Gasteiger partial charge in [-0.2, -0.15) is 0 Å². The normalized spacial score (nSPS) is 12.8. The van der Waals surface area contributed by atoms with Crippen LogP contribution in [0.3, 0.4) is 0 Å². The molecule has 3 heteroatoms. The van der Waals surface area contributed by atoms with Crippen molar-refractivity contribution in [2.24, 2.45) is 0 Å². The van der Waals surface area contributed by atoms with Gasteiger partial charge in [0.15, 0.2) is 0 Å². The van der Waals surface area contributed by atoms with E-state index in [4.69, 9.17) is 0 Å². The van der Waals surface area contributed by atoms with E-state index >= 15 is 0 Å². The molecule has 0 amide bonds. The van der Waals surface area contributed by atoms with Gasteiger partial charge in [0.1, 0.15) is 0 Å². The number of benzene rings is 13. The average molecular weight is 847 g/mol. The van der Waals surface area contributed by atoms with Crippen molar-refractivity contribution in [3.8, 4) is 0 Å². The largest absolute Gasteiger partial charge is 0.143 e. The van der Waals surface area contributed by atoms with Crippen LogP contribution in [0.5, 0.6) is 0 Å². The quantitative estimate of drug-likeness (QED) is 0.105. The minimum absolute atomic E-state index is 1.28. The van der Waals surface area contributed by atoms with E-state index in [0.29, 0.717) is 0 Å². The molecular weight excluding hydrogens is 817 g/mol. The Morgan fingerprint density at radius 1 is 0.190 bits per heavy atom. The first-order valence-electron chi connectivity index (χ1n) is 21.6. The maximum Gasteiger partial charge on any atom is 0.0434 e. The molecular formula is C60H30S3. The van der Waals surface area contributed by atoms with Crippen LogP contribution in [0, 0.1) is 0 Å². The SMILES string of the molecule is c1ccc2cc3c(ccc4c3c3sccc3c3c5c6ccc7cc8ccccc8cc7c6c6sccc6c5c5c6ccc7cc8ccccc8cc7c6c6sccc6c5c43)cc2c1. The zero-order valence-corrected chi connectivity index (χ0v) is 36.0. The number of hydrogen-bond donors (Lipinski definition) is 0. The molecule has 63 heavy (non-hydrogen) atoms. The standard InChI is InChI=1S/C60H30S3/c1-4-10-34-28-46-37(25-31(34)7-1)13-16-40-49(46)58-43(19-22-61-58)55-52(40)56-44-20-23-62-59(44)51-42(18-15-39-27-33-9-3-6-12-36(33)30-48(39)51)54(56)57-45-21-24-63-60(45)50-41(53(55)57)17-14-38-26-32-8-2-5-11-35(32)29-47(38)50/h1-30H. The summed E-state index contributed by atoms with van der Waals surface area (Å²) in [7, 11) is 0. The Bertz CT molecular complexity index is 4270. The third-order valence-corrected chi connectivity index (χ3v) is 17.2. The molecule has 0 aliphatic carbocycles. The summed E-state index contributed by atoms with van der Waals surface area (Å²) in [6, 6.07) is 62.9. The van der Waals surface area contributed by atoms with Crippen molar-refractivity contribution in [2.75, 3.05) is 0 Å². The van der Waals surface area contributed by atoms with E-state index in [1.165, 1.54) is 160 Å². The van der Waals surface area contributed by atoms with Gasteiger partial charge in [-0.3, -0.25) is 0 Å². The molecule has 0 spiro atoms. The third-order valence-electron chi connectivity index (χ3n) is 14.5. The zero-order valence-electron chi connectivity index (χ0n) is 33.5. The van der Waals surface area contributed by atoms with Gasteiger partial charge in [0.05, 0.1) is 0 Å². The van der Waals surface area contributed by atoms with E-state index < -0.39 is 0 Å². The molecule has 0 atom stereocenters. The Hall–Kier alpha value is -7.14. The highest BCUT2D eigenvalue weighted by molar-refractivity contribution is 7.19. The van der Waals surface area contributed by atoms with Gasteiger partial charge in [0, 0.05) is 62.6 Å². The smallest absolute Gasteiger partial charge is 0.0434 e. The molecule has 0 fully saturated rings. The molecule has 0 aliphatic rings. The lowest BCUT2D eigenvalue weighted by Crippen LogP contribution is -1.92. The van der Waals surface area contributed by atoms with Gasteiger partial charge in [-0.15, -0.1) is 34.0 Å². The molecule has 16 rings (SSSR count). The minimum Gasteiger partial charge on any atom is -0.143 e. The van der Waals surface area contributed by atoms with Gasteiger partial charge in [-0.1, -0.05) is 109 Å². The minimum atomic E-state index is 1.28. The maximum absolute atomic E-state index is 2.46. The summed E-state index contributed by atoms with van der Waals surface area (Å²) < 4.78 is 4.10. The number of hydrogen-bond acceptors (Lipinski definition) is 3. The van der Waals surface area contributed by atoms with Crippen LogP contribution in [-0.2, 0) is 0 Å². The molecule has 13 aromatic carbocycles. The van der Waals surface area contributed by atoms with Crippen LogP contribution in [0.1, 0.15) is 0 Å². The summed E-state index contributed by atoms with van der Waals surface area (Å²) in [6.07, 6.45) is 0. The fourth-order valence-corrected chi connectivity index (χ4v) is 14.8. The van der Waals surface area contributed by atoms with Crippen molar-refractivity contribution in [3.63, 3.8) is 0 Å². The summed E-state index contributed by atoms with van der Waals surface area (Å²) in [6.45, 7) is 0. The molecule has 0 unspecified atom stereocenters. The van der Waals surface area contributed by atoms with Crippen molar-refractivity contribution in [2.45, 2.75) is 0 Å².